The maximum Gasteiger partial charge on any atom is 0.254 e. The van der Waals surface area contributed by atoms with Crippen molar-refractivity contribution >= 4 is 35.3 Å². The van der Waals surface area contributed by atoms with Crippen LogP contribution >= 0.6 is 11.6 Å². The van der Waals surface area contributed by atoms with E-state index < -0.39 is 5.91 Å². The van der Waals surface area contributed by atoms with Crippen molar-refractivity contribution in [2.75, 3.05) is 30.8 Å². The Kier molecular flexibility index (Phi) is 7.95. The summed E-state index contributed by atoms with van der Waals surface area (Å²) in [5.41, 5.74) is 9.61. The average molecular weight is 508 g/mol. The van der Waals surface area contributed by atoms with Crippen molar-refractivity contribution < 1.29 is 14.3 Å². The number of aldehydes is 1. The second-order valence-corrected chi connectivity index (χ2v) is 9.18. The molecule has 1 fully saturated rings. The van der Waals surface area contributed by atoms with E-state index in [9.17, 15) is 4.79 Å². The third-order valence-electron chi connectivity index (χ3n) is 6.21. The molecule has 1 saturated carbocycles. The predicted octanol–water partition coefficient (Wildman–Crippen LogP) is 4.91. The van der Waals surface area contributed by atoms with Crippen LogP contribution in [0.5, 0.6) is 5.75 Å². The van der Waals surface area contributed by atoms with E-state index in [0.29, 0.717) is 40.8 Å². The molecule has 0 saturated heterocycles. The zero-order valence-corrected chi connectivity index (χ0v) is 20.9. The quantitative estimate of drug-likeness (QED) is 0.295. The number of allylic oxidation sites excluding steroid dienone is 1. The van der Waals surface area contributed by atoms with Crippen LogP contribution in [0.3, 0.4) is 0 Å². The molecule has 2 aromatic carbocycles. The number of benzene rings is 2. The average Bonchev–Trinajstić information content (AvgIpc) is 3.64. The smallest absolute Gasteiger partial charge is 0.254 e. The van der Waals surface area contributed by atoms with E-state index in [1.807, 2.05) is 54.2 Å². The highest BCUT2D eigenvalue weighted by Crippen LogP contribution is 2.39. The highest BCUT2D eigenvalue weighted by molar-refractivity contribution is 6.30. The number of nitrogens with two attached hydrogens (primary N) is 1. The van der Waals surface area contributed by atoms with E-state index in [1.54, 1.807) is 0 Å². The number of hydrogen-bond acceptors (Lipinski definition) is 6. The zero-order valence-electron chi connectivity index (χ0n) is 20.2. The van der Waals surface area contributed by atoms with E-state index in [1.165, 1.54) is 18.9 Å². The molecule has 3 aromatic rings. The summed E-state index contributed by atoms with van der Waals surface area (Å²) in [7, 11) is 1.87. The topological polar surface area (TPSA) is 111 Å². The number of fused-ring (bicyclic) bond motifs is 1. The van der Waals surface area contributed by atoms with E-state index in [-0.39, 0.29) is 6.04 Å². The van der Waals surface area contributed by atoms with Crippen molar-refractivity contribution in [1.29, 1.82) is 0 Å². The molecule has 1 aliphatic heterocycles. The van der Waals surface area contributed by atoms with Gasteiger partial charge < -0.3 is 21.1 Å². The van der Waals surface area contributed by atoms with Crippen LogP contribution in [0.4, 0.5) is 11.5 Å². The maximum absolute atomic E-state index is 12.5. The molecule has 1 aliphatic carbocycles. The number of primary amides is 1. The fourth-order valence-electron chi connectivity index (χ4n) is 4.24. The summed E-state index contributed by atoms with van der Waals surface area (Å²) in [4.78, 5) is 21.5. The summed E-state index contributed by atoms with van der Waals surface area (Å²) in [6, 6.07) is 13.4. The number of hydrogen-bond donors (Lipinski definition) is 3. The Morgan fingerprint density at radius 3 is 2.61 bits per heavy atom. The van der Waals surface area contributed by atoms with Crippen molar-refractivity contribution in [3.8, 4) is 17.0 Å². The van der Waals surface area contributed by atoms with Crippen molar-refractivity contribution in [2.45, 2.75) is 25.3 Å². The molecule has 2 aliphatic rings. The van der Waals surface area contributed by atoms with Gasteiger partial charge in [0.2, 0.25) is 0 Å². The Balaban J connectivity index is 0.000000709. The summed E-state index contributed by atoms with van der Waals surface area (Å²) in [5.74, 6) is 1.65. The van der Waals surface area contributed by atoms with Crippen LogP contribution < -0.4 is 21.1 Å². The van der Waals surface area contributed by atoms with Crippen LogP contribution in [0.25, 0.3) is 11.3 Å². The third kappa shape index (κ3) is 5.54. The fraction of sp³-hybridized carbons (Fsp3) is 0.296. The molecule has 0 bridgehead atoms. The summed E-state index contributed by atoms with van der Waals surface area (Å²) in [5, 5.41) is 12.1. The highest BCUT2D eigenvalue weighted by atomic mass is 35.5. The Hall–Kier alpha value is -3.78. The summed E-state index contributed by atoms with van der Waals surface area (Å²) >= 11 is 6.20. The molecule has 4 N–H and O–H groups in total. The molecule has 188 valence electrons. The van der Waals surface area contributed by atoms with E-state index in [0.717, 1.165) is 35.6 Å². The molecule has 2 heterocycles. The predicted molar refractivity (Wildman–Crippen MR) is 143 cm³/mol. The van der Waals surface area contributed by atoms with Crippen molar-refractivity contribution in [3.63, 3.8) is 0 Å². The minimum Gasteiger partial charge on any atom is -0.493 e. The molecular formula is C27H30ClN5O3. The van der Waals surface area contributed by atoms with Crippen molar-refractivity contribution in [3.05, 3.63) is 71.3 Å². The second kappa shape index (κ2) is 11.3. The number of carbonyl (C=O) groups excluding carboxylic acids is 2. The van der Waals surface area contributed by atoms with Gasteiger partial charge in [-0.15, -0.1) is 0 Å². The molecule has 36 heavy (non-hydrogen) atoms. The first-order valence-electron chi connectivity index (χ1n) is 11.9. The third-order valence-corrected chi connectivity index (χ3v) is 6.45. The molecule has 1 aromatic heterocycles. The lowest BCUT2D eigenvalue weighted by atomic mass is 9.99. The lowest BCUT2D eigenvalue weighted by Gasteiger charge is -2.28. The van der Waals surface area contributed by atoms with Crippen LogP contribution in [0.1, 0.15) is 41.2 Å². The van der Waals surface area contributed by atoms with Crippen LogP contribution in [0.15, 0.2) is 55.1 Å². The molecular weight excluding hydrogens is 478 g/mol. The maximum atomic E-state index is 12.5. The number of carbonyl (C=O) groups is 2. The number of halogens is 1. The van der Waals surface area contributed by atoms with E-state index in [4.69, 9.17) is 32.0 Å². The van der Waals surface area contributed by atoms with Gasteiger partial charge >= 0.3 is 0 Å². The van der Waals surface area contributed by atoms with Crippen molar-refractivity contribution in [1.82, 2.24) is 9.78 Å². The van der Waals surface area contributed by atoms with Gasteiger partial charge in [-0.05, 0) is 67.7 Å². The van der Waals surface area contributed by atoms with E-state index in [2.05, 4.69) is 17.2 Å². The Morgan fingerprint density at radius 1 is 1.28 bits per heavy atom. The fourth-order valence-corrected chi connectivity index (χ4v) is 4.42. The van der Waals surface area contributed by atoms with Crippen LogP contribution in [0, 0.1) is 5.92 Å². The lowest BCUT2D eigenvalue weighted by molar-refractivity contribution is -0.104. The molecule has 5 rings (SSSR count). The molecule has 1 unspecified atom stereocenters. The van der Waals surface area contributed by atoms with Crippen LogP contribution in [0.2, 0.25) is 5.02 Å². The molecule has 9 heteroatoms. The van der Waals surface area contributed by atoms with Crippen molar-refractivity contribution in [2.24, 2.45) is 11.7 Å². The highest BCUT2D eigenvalue weighted by Gasteiger charge is 2.31. The van der Waals surface area contributed by atoms with Gasteiger partial charge in [0.25, 0.3) is 5.91 Å². The van der Waals surface area contributed by atoms with Gasteiger partial charge in [0.05, 0.1) is 12.6 Å². The number of amides is 1. The largest absolute Gasteiger partial charge is 0.493 e. The van der Waals surface area contributed by atoms with Crippen LogP contribution in [-0.4, -0.2) is 42.2 Å². The first kappa shape index (κ1) is 25.3. The normalized spacial score (nSPS) is 16.0. The monoisotopic (exact) mass is 507 g/mol. The van der Waals surface area contributed by atoms with Gasteiger partial charge in [-0.1, -0.05) is 24.2 Å². The first-order chi connectivity index (χ1) is 17.5. The van der Waals surface area contributed by atoms with Gasteiger partial charge in [-0.3, -0.25) is 9.59 Å². The number of aromatic nitrogens is 2. The molecule has 0 spiro atoms. The number of ether oxygens (including phenoxy) is 1. The summed E-state index contributed by atoms with van der Waals surface area (Å²) in [6.07, 6.45) is 5.14. The van der Waals surface area contributed by atoms with Gasteiger partial charge in [-0.25, -0.2) is 4.68 Å². The van der Waals surface area contributed by atoms with Gasteiger partial charge in [0, 0.05) is 35.4 Å². The lowest BCUT2D eigenvalue weighted by Crippen LogP contribution is -2.26. The van der Waals surface area contributed by atoms with Crippen LogP contribution in [-0.2, 0) is 4.79 Å². The number of rotatable bonds is 8. The SMILES string of the molecule is C=CC=O.CNc1cc(Cl)ccc1C1CCNc2c(C(N)=O)c(-c3ccc(OCC4CC4)cc3)nn21. The molecule has 0 radical (unpaired) electrons. The summed E-state index contributed by atoms with van der Waals surface area (Å²) < 4.78 is 7.72. The standard InChI is InChI=1S/C24H26ClN5O2.C3H4O/c1-27-19-12-16(25)6-9-18(19)20-10-11-28-24-21(23(26)31)22(29-30(20)24)15-4-7-17(8-5-15)32-13-14-2-3-14;1-2-3-4/h4-9,12,14,20,27-28H,2-3,10-11,13H2,1H3,(H2,26,31);2-3H,1H2. The number of nitrogens with zero attached hydrogens (tertiary/aromatic N) is 2. The molecule has 1 amide bonds. The van der Waals surface area contributed by atoms with Gasteiger partial charge in [0.1, 0.15) is 29.1 Å². The number of nitrogens with one attached hydrogen (secondary N) is 2. The zero-order chi connectivity index (χ0) is 25.7. The Labute approximate surface area is 215 Å². The number of anilines is 2. The van der Waals surface area contributed by atoms with E-state index >= 15 is 0 Å². The Bertz CT molecular complexity index is 1250. The van der Waals surface area contributed by atoms with Gasteiger partial charge in [-0.2, -0.15) is 5.10 Å². The Morgan fingerprint density at radius 2 is 2.00 bits per heavy atom. The second-order valence-electron chi connectivity index (χ2n) is 8.74. The first-order valence-corrected chi connectivity index (χ1v) is 12.3. The summed E-state index contributed by atoms with van der Waals surface area (Å²) in [6.45, 7) is 4.57. The molecule has 1 atom stereocenters. The molecule has 8 nitrogen and oxygen atoms in total. The minimum absolute atomic E-state index is 0.0565. The minimum atomic E-state index is -0.506. The van der Waals surface area contributed by atoms with Gasteiger partial charge in [0.15, 0.2) is 0 Å².